The van der Waals surface area contributed by atoms with Crippen molar-refractivity contribution >= 4 is 27.3 Å². The van der Waals surface area contributed by atoms with Gasteiger partial charge in [-0.3, -0.25) is 4.72 Å². The molecule has 1 N–H and O–H groups in total. The molecule has 1 aromatic heterocycles. The van der Waals surface area contributed by atoms with Crippen LogP contribution in [0, 0.1) is 17.5 Å². The Hall–Kier alpha value is -1.74. The molecule has 0 bridgehead atoms. The van der Waals surface area contributed by atoms with E-state index in [0.29, 0.717) is 6.07 Å². The topological polar surface area (TPSA) is 64.0 Å². The van der Waals surface area contributed by atoms with Crippen molar-refractivity contribution in [1.82, 2.24) is 9.55 Å². The molecule has 0 spiro atoms. The number of benzene rings is 1. The molecule has 0 unspecified atom stereocenters. The summed E-state index contributed by atoms with van der Waals surface area (Å²) in [4.78, 5) is 3.56. The van der Waals surface area contributed by atoms with E-state index in [1.165, 1.54) is 7.05 Å². The van der Waals surface area contributed by atoms with Gasteiger partial charge in [0.1, 0.15) is 0 Å². The SMILES string of the molecule is Cn1c(S(=O)(=O)Nc2ccc(F)c(F)c2F)cnc1Cl. The molecule has 108 valence electrons. The van der Waals surface area contributed by atoms with Gasteiger partial charge in [0.2, 0.25) is 5.28 Å². The van der Waals surface area contributed by atoms with Gasteiger partial charge in [0, 0.05) is 7.05 Å². The van der Waals surface area contributed by atoms with Crippen molar-refractivity contribution in [3.05, 3.63) is 41.1 Å². The molecule has 0 amide bonds. The van der Waals surface area contributed by atoms with Crippen LogP contribution < -0.4 is 4.72 Å². The average molecular weight is 326 g/mol. The molecule has 0 radical (unpaired) electrons. The van der Waals surface area contributed by atoms with Gasteiger partial charge in [-0.2, -0.15) is 8.42 Å². The predicted octanol–water partition coefficient (Wildman–Crippen LogP) is 2.29. The van der Waals surface area contributed by atoms with Gasteiger partial charge in [0.05, 0.1) is 11.9 Å². The van der Waals surface area contributed by atoms with Gasteiger partial charge in [-0.05, 0) is 23.7 Å². The van der Waals surface area contributed by atoms with E-state index >= 15 is 0 Å². The van der Waals surface area contributed by atoms with Crippen LogP contribution in [-0.4, -0.2) is 18.0 Å². The summed E-state index contributed by atoms with van der Waals surface area (Å²) in [5.41, 5.74) is -0.721. The van der Waals surface area contributed by atoms with Crippen LogP contribution >= 0.6 is 11.6 Å². The second-order valence-electron chi connectivity index (χ2n) is 3.75. The fourth-order valence-electron chi connectivity index (χ4n) is 1.42. The molecular formula is C10H7ClF3N3O2S. The van der Waals surface area contributed by atoms with Crippen LogP contribution in [0.25, 0.3) is 0 Å². The normalized spacial score (nSPS) is 11.7. The first-order valence-corrected chi connectivity index (χ1v) is 6.93. The minimum absolute atomic E-state index is 0.101. The van der Waals surface area contributed by atoms with Crippen LogP contribution in [0.1, 0.15) is 0 Å². The maximum absolute atomic E-state index is 13.4. The highest BCUT2D eigenvalue weighted by Crippen LogP contribution is 2.23. The molecule has 0 aliphatic heterocycles. The minimum Gasteiger partial charge on any atom is -0.307 e. The second-order valence-corrected chi connectivity index (χ2v) is 5.72. The lowest BCUT2D eigenvalue weighted by Crippen LogP contribution is -2.17. The molecule has 0 saturated carbocycles. The third-order valence-electron chi connectivity index (χ3n) is 2.44. The summed E-state index contributed by atoms with van der Waals surface area (Å²) in [5.74, 6) is -4.83. The van der Waals surface area contributed by atoms with Crippen molar-refractivity contribution in [3.63, 3.8) is 0 Å². The Bertz CT molecular complexity index is 776. The minimum atomic E-state index is -4.24. The van der Waals surface area contributed by atoms with Crippen LogP contribution in [0.15, 0.2) is 23.4 Å². The number of hydrogen-bond donors (Lipinski definition) is 1. The number of nitrogens with one attached hydrogen (secondary N) is 1. The monoisotopic (exact) mass is 325 g/mol. The quantitative estimate of drug-likeness (QED) is 0.881. The van der Waals surface area contributed by atoms with E-state index in [-0.39, 0.29) is 10.3 Å². The largest absolute Gasteiger partial charge is 0.307 e. The molecule has 5 nitrogen and oxygen atoms in total. The Morgan fingerprint density at radius 3 is 2.45 bits per heavy atom. The summed E-state index contributed by atoms with van der Waals surface area (Å²) in [6.07, 6.45) is 0.947. The van der Waals surface area contributed by atoms with E-state index in [4.69, 9.17) is 11.6 Å². The number of aromatic nitrogens is 2. The van der Waals surface area contributed by atoms with Gasteiger partial charge < -0.3 is 4.57 Å². The van der Waals surface area contributed by atoms with E-state index in [1.807, 2.05) is 0 Å². The zero-order valence-electron chi connectivity index (χ0n) is 9.86. The highest BCUT2D eigenvalue weighted by Gasteiger charge is 2.23. The lowest BCUT2D eigenvalue weighted by Gasteiger charge is -2.09. The fraction of sp³-hybridized carbons (Fsp3) is 0.100. The molecule has 2 aromatic rings. The molecule has 0 atom stereocenters. The van der Waals surface area contributed by atoms with Gasteiger partial charge in [-0.1, -0.05) is 0 Å². The van der Waals surface area contributed by atoms with E-state index in [9.17, 15) is 21.6 Å². The van der Waals surface area contributed by atoms with Crippen LogP contribution in [-0.2, 0) is 17.1 Å². The molecule has 0 saturated heterocycles. The molecule has 0 aliphatic carbocycles. The van der Waals surface area contributed by atoms with Gasteiger partial charge in [-0.15, -0.1) is 0 Å². The Labute approximate surface area is 117 Å². The summed E-state index contributed by atoms with van der Waals surface area (Å²) in [6, 6.07) is 1.37. The first-order valence-electron chi connectivity index (χ1n) is 5.07. The lowest BCUT2D eigenvalue weighted by molar-refractivity contribution is 0.449. The van der Waals surface area contributed by atoms with Crippen molar-refractivity contribution < 1.29 is 21.6 Å². The van der Waals surface area contributed by atoms with Crippen molar-refractivity contribution in [2.45, 2.75) is 5.03 Å². The Balaban J connectivity index is 2.44. The van der Waals surface area contributed by atoms with Gasteiger partial charge in [0.25, 0.3) is 10.0 Å². The van der Waals surface area contributed by atoms with Crippen LogP contribution in [0.2, 0.25) is 5.28 Å². The lowest BCUT2D eigenvalue weighted by atomic mass is 10.3. The highest BCUT2D eigenvalue weighted by molar-refractivity contribution is 7.92. The number of sulfonamides is 1. The maximum atomic E-state index is 13.4. The zero-order valence-corrected chi connectivity index (χ0v) is 11.4. The maximum Gasteiger partial charge on any atom is 0.279 e. The molecule has 1 heterocycles. The highest BCUT2D eigenvalue weighted by atomic mass is 35.5. The van der Waals surface area contributed by atoms with Gasteiger partial charge in [-0.25, -0.2) is 18.2 Å². The summed E-state index contributed by atoms with van der Waals surface area (Å²) in [5, 5.41) is -0.456. The Morgan fingerprint density at radius 2 is 1.90 bits per heavy atom. The molecule has 1 aromatic carbocycles. The summed E-state index contributed by atoms with van der Waals surface area (Å²) in [7, 11) is -2.91. The molecule has 10 heteroatoms. The number of halogens is 4. The Kier molecular flexibility index (Phi) is 3.65. The second kappa shape index (κ2) is 4.98. The first kappa shape index (κ1) is 14.7. The average Bonchev–Trinajstić information content (AvgIpc) is 2.71. The summed E-state index contributed by atoms with van der Waals surface area (Å²) >= 11 is 5.59. The summed E-state index contributed by atoms with van der Waals surface area (Å²) < 4.78 is 66.0. The van der Waals surface area contributed by atoms with Crippen molar-refractivity contribution in [1.29, 1.82) is 0 Å². The van der Waals surface area contributed by atoms with Crippen molar-refractivity contribution in [3.8, 4) is 0 Å². The number of anilines is 1. The van der Waals surface area contributed by atoms with Gasteiger partial charge >= 0.3 is 0 Å². The van der Waals surface area contributed by atoms with Crippen LogP contribution in [0.4, 0.5) is 18.9 Å². The number of nitrogens with zero attached hydrogens (tertiary/aromatic N) is 2. The zero-order chi connectivity index (χ0) is 15.1. The first-order chi connectivity index (χ1) is 9.24. The standard InChI is InChI=1S/C10H7ClF3N3O2S/c1-17-7(4-15-10(17)11)20(18,19)16-6-3-2-5(12)8(13)9(6)14/h2-4,16H,1H3. The molecule has 0 fully saturated rings. The van der Waals surface area contributed by atoms with E-state index in [2.05, 4.69) is 4.98 Å². The van der Waals surface area contributed by atoms with Crippen molar-refractivity contribution in [2.75, 3.05) is 4.72 Å². The van der Waals surface area contributed by atoms with E-state index in [0.717, 1.165) is 16.8 Å². The van der Waals surface area contributed by atoms with Crippen molar-refractivity contribution in [2.24, 2.45) is 7.05 Å². The third kappa shape index (κ3) is 2.46. The van der Waals surface area contributed by atoms with E-state index < -0.39 is 33.2 Å². The predicted molar refractivity (Wildman–Crippen MR) is 65.3 cm³/mol. The molecule has 0 aliphatic rings. The van der Waals surface area contributed by atoms with Crippen LogP contribution in [0.3, 0.4) is 0 Å². The number of imidazole rings is 1. The third-order valence-corrected chi connectivity index (χ3v) is 4.21. The van der Waals surface area contributed by atoms with E-state index in [1.54, 1.807) is 4.72 Å². The number of hydrogen-bond acceptors (Lipinski definition) is 3. The Morgan fingerprint density at radius 1 is 1.25 bits per heavy atom. The molecular weight excluding hydrogens is 319 g/mol. The molecule has 20 heavy (non-hydrogen) atoms. The fourth-order valence-corrected chi connectivity index (χ4v) is 2.80. The number of rotatable bonds is 3. The summed E-state index contributed by atoms with van der Waals surface area (Å²) in [6.45, 7) is 0. The van der Waals surface area contributed by atoms with Crippen LogP contribution in [0.5, 0.6) is 0 Å². The molecule has 2 rings (SSSR count). The van der Waals surface area contributed by atoms with Gasteiger partial charge in [0.15, 0.2) is 22.5 Å². The smallest absolute Gasteiger partial charge is 0.279 e.